The number of aromatic nitrogens is 1. The molecular weight excluding hydrogens is 759 g/mol. The van der Waals surface area contributed by atoms with Crippen molar-refractivity contribution in [1.82, 2.24) is 4.57 Å². The van der Waals surface area contributed by atoms with Gasteiger partial charge in [0.25, 0.3) is 0 Å². The lowest BCUT2D eigenvalue weighted by Gasteiger charge is -2.28. The summed E-state index contributed by atoms with van der Waals surface area (Å²) >= 11 is 0. The monoisotopic (exact) mass is 814 g/mol. The number of anilines is 2. The number of fused-ring (bicyclic) bond motifs is 4. The topological polar surface area (TPSA) is 29.6 Å². The molecule has 0 amide bonds. The fraction of sp³-hybridized carbons (Fsp3) is 0.281. The van der Waals surface area contributed by atoms with E-state index < -0.39 is 0 Å². The Morgan fingerprint density at radius 1 is 0.677 bits per heavy atom. The van der Waals surface area contributed by atoms with Crippen LogP contribution in [0.4, 0.5) is 17.1 Å². The van der Waals surface area contributed by atoms with Crippen LogP contribution in [0.25, 0.3) is 38.5 Å². The average molecular weight is 815 g/mol. The Bertz CT molecular complexity index is 3040. The standard InChI is InChI=1S/C57H56N3O2/c1-5-7-31-58-49(45-21-15-23-47-53(45)51(58)35-41-33-37(3)61-56(41)47)29-27-39-25-26-40(55(39)60(43-17-11-9-12-18-43)44-19-13-10-14-20-44)28-30-50-46-22-16-24-48-54(46)52(59(50)32-8-6-2)36-42-34-38(4)62-57(42)48/h9-24,27-30,35-38H,5-8,25-26,31-34H2,1-4H3/q+1/t37-,38+. The van der Waals surface area contributed by atoms with Crippen LogP contribution >= 0.6 is 0 Å². The molecule has 0 saturated heterocycles. The van der Waals surface area contributed by atoms with Gasteiger partial charge in [0.05, 0.1) is 22.2 Å². The van der Waals surface area contributed by atoms with Crippen molar-refractivity contribution >= 4 is 61.3 Å². The third kappa shape index (κ3) is 6.39. The van der Waals surface area contributed by atoms with Gasteiger partial charge < -0.3 is 18.9 Å². The van der Waals surface area contributed by atoms with E-state index in [0.29, 0.717) is 0 Å². The first-order valence-electron chi connectivity index (χ1n) is 23.2. The normalized spacial score (nSPS) is 19.0. The number of hydrogen-bond acceptors (Lipinski definition) is 3. The summed E-state index contributed by atoms with van der Waals surface area (Å²) in [6.07, 6.45) is 18.5. The van der Waals surface area contributed by atoms with Gasteiger partial charge in [-0.15, -0.1) is 0 Å². The van der Waals surface area contributed by atoms with Crippen LogP contribution in [0.3, 0.4) is 0 Å². The zero-order valence-corrected chi connectivity index (χ0v) is 36.6. The van der Waals surface area contributed by atoms with Crippen molar-refractivity contribution in [3.05, 3.63) is 166 Å². The molecule has 11 rings (SSSR count). The van der Waals surface area contributed by atoms with Gasteiger partial charge in [0.1, 0.15) is 30.3 Å². The number of nitrogens with zero attached hydrogens (tertiary/aromatic N) is 3. The maximum atomic E-state index is 6.45. The quantitative estimate of drug-likeness (QED) is 0.115. The van der Waals surface area contributed by atoms with Gasteiger partial charge in [0.15, 0.2) is 0 Å². The molecule has 4 heterocycles. The van der Waals surface area contributed by atoms with E-state index in [1.54, 1.807) is 0 Å². The predicted octanol–water partition coefficient (Wildman–Crippen LogP) is 13.2. The summed E-state index contributed by atoms with van der Waals surface area (Å²) in [4.78, 5) is 2.49. The minimum absolute atomic E-state index is 0.207. The van der Waals surface area contributed by atoms with Crippen LogP contribution in [-0.2, 0) is 19.4 Å². The molecule has 7 aromatic rings. The van der Waals surface area contributed by atoms with E-state index in [2.05, 4.69) is 175 Å². The van der Waals surface area contributed by atoms with E-state index >= 15 is 0 Å². The molecule has 0 spiro atoms. The first kappa shape index (κ1) is 38.6. The van der Waals surface area contributed by atoms with E-state index in [9.17, 15) is 0 Å². The maximum Gasteiger partial charge on any atom is 0.215 e. The van der Waals surface area contributed by atoms with Crippen molar-refractivity contribution in [2.45, 2.75) is 97.8 Å². The molecule has 62 heavy (non-hydrogen) atoms. The van der Waals surface area contributed by atoms with Gasteiger partial charge in [-0.2, -0.15) is 4.58 Å². The number of unbranched alkanes of at least 4 members (excludes halogenated alkanes) is 2. The number of ether oxygens (including phenoxy) is 2. The average Bonchev–Trinajstić information content (AvgIpc) is 4.11. The first-order valence-corrected chi connectivity index (χ1v) is 23.2. The third-order valence-corrected chi connectivity index (χ3v) is 13.6. The molecule has 0 bridgehead atoms. The number of allylic oxidation sites excluding steroid dienone is 5. The number of rotatable bonds is 12. The van der Waals surface area contributed by atoms with Crippen LogP contribution in [0.15, 0.2) is 144 Å². The molecule has 0 fully saturated rings. The zero-order valence-electron chi connectivity index (χ0n) is 36.6. The first-order chi connectivity index (χ1) is 30.5. The molecule has 310 valence electrons. The van der Waals surface area contributed by atoms with E-state index in [4.69, 9.17) is 9.47 Å². The second-order valence-corrected chi connectivity index (χ2v) is 17.8. The zero-order chi connectivity index (χ0) is 41.9. The molecule has 5 heteroatoms. The molecule has 4 aliphatic rings. The highest BCUT2D eigenvalue weighted by molar-refractivity contribution is 6.21. The van der Waals surface area contributed by atoms with Gasteiger partial charge in [-0.05, 0) is 86.7 Å². The molecule has 0 saturated carbocycles. The third-order valence-electron chi connectivity index (χ3n) is 13.6. The molecule has 2 atom stereocenters. The number of benzene rings is 6. The SMILES string of the molecule is CCCCn1/c(=C/C=C2CCC(/C=C/C3=[N+](CCCC)c4cc5c(c6cccc3c46)O[C@H](C)C5)=C2N(c2ccccc2)c2ccccc2)c2cccc3c4c(cc1c32)C[C@H](C)O4. The van der Waals surface area contributed by atoms with Crippen molar-refractivity contribution in [2.24, 2.45) is 0 Å². The van der Waals surface area contributed by atoms with Gasteiger partial charge in [-0.25, -0.2) is 0 Å². The predicted molar refractivity (Wildman–Crippen MR) is 258 cm³/mol. The number of para-hydroxylation sites is 2. The minimum atomic E-state index is 0.207. The smallest absolute Gasteiger partial charge is 0.215 e. The van der Waals surface area contributed by atoms with Crippen molar-refractivity contribution < 1.29 is 14.0 Å². The summed E-state index contributed by atoms with van der Waals surface area (Å²) in [6.45, 7) is 10.9. The summed E-state index contributed by atoms with van der Waals surface area (Å²) in [5.41, 5.74) is 14.2. The van der Waals surface area contributed by atoms with E-state index in [-0.39, 0.29) is 12.2 Å². The van der Waals surface area contributed by atoms with Crippen molar-refractivity contribution in [2.75, 3.05) is 11.4 Å². The Morgan fingerprint density at radius 2 is 1.32 bits per heavy atom. The maximum absolute atomic E-state index is 6.45. The van der Waals surface area contributed by atoms with Crippen LogP contribution in [0.2, 0.25) is 0 Å². The molecule has 0 unspecified atom stereocenters. The van der Waals surface area contributed by atoms with Crippen LogP contribution in [0.1, 0.15) is 82.9 Å². The lowest BCUT2D eigenvalue weighted by Crippen LogP contribution is -2.18. The molecular formula is C57H56N3O2+. The van der Waals surface area contributed by atoms with Gasteiger partial charge >= 0.3 is 0 Å². The van der Waals surface area contributed by atoms with E-state index in [1.807, 2.05) is 0 Å². The Kier molecular flexibility index (Phi) is 9.86. The molecule has 5 nitrogen and oxygen atoms in total. The Labute approximate surface area is 365 Å². The van der Waals surface area contributed by atoms with Gasteiger partial charge in [0, 0.05) is 87.3 Å². The number of aryl methyl sites for hydroxylation is 1. The summed E-state index contributed by atoms with van der Waals surface area (Å²) in [6, 6.07) is 40.3. The van der Waals surface area contributed by atoms with Crippen LogP contribution in [0, 0.1) is 0 Å². The molecule has 1 aromatic heterocycles. The largest absolute Gasteiger partial charge is 0.489 e. The Hall–Kier alpha value is -6.33. The fourth-order valence-electron chi connectivity index (χ4n) is 10.8. The second-order valence-electron chi connectivity index (χ2n) is 17.8. The van der Waals surface area contributed by atoms with E-state index in [1.165, 1.54) is 82.7 Å². The van der Waals surface area contributed by atoms with Crippen molar-refractivity contribution in [3.63, 3.8) is 0 Å². The number of hydrogen-bond donors (Lipinski definition) is 0. The summed E-state index contributed by atoms with van der Waals surface area (Å²) in [5.74, 6) is 2.15. The van der Waals surface area contributed by atoms with Crippen LogP contribution < -0.4 is 19.7 Å². The fourth-order valence-corrected chi connectivity index (χ4v) is 10.8. The van der Waals surface area contributed by atoms with Crippen molar-refractivity contribution in [3.8, 4) is 11.5 Å². The van der Waals surface area contributed by atoms with E-state index in [0.717, 1.165) is 87.3 Å². The Balaban J connectivity index is 1.11. The second kappa shape index (κ2) is 15.9. The summed E-state index contributed by atoms with van der Waals surface area (Å²) < 4.78 is 18.1. The summed E-state index contributed by atoms with van der Waals surface area (Å²) in [5, 5.41) is 7.71. The molecule has 0 N–H and O–H groups in total. The lowest BCUT2D eigenvalue weighted by atomic mass is 9.98. The van der Waals surface area contributed by atoms with Crippen LogP contribution in [0.5, 0.6) is 11.5 Å². The molecule has 1 aliphatic carbocycles. The van der Waals surface area contributed by atoms with Gasteiger partial charge in [-0.1, -0.05) is 106 Å². The lowest BCUT2D eigenvalue weighted by molar-refractivity contribution is -0.436. The van der Waals surface area contributed by atoms with Gasteiger partial charge in [0.2, 0.25) is 11.4 Å². The van der Waals surface area contributed by atoms with Crippen molar-refractivity contribution in [1.29, 1.82) is 0 Å². The molecule has 6 aromatic carbocycles. The highest BCUT2D eigenvalue weighted by Gasteiger charge is 2.36. The Morgan fingerprint density at radius 3 is 2.02 bits per heavy atom. The van der Waals surface area contributed by atoms with Crippen LogP contribution in [-0.4, -0.2) is 33.6 Å². The molecule has 3 aliphatic heterocycles. The highest BCUT2D eigenvalue weighted by Crippen LogP contribution is 2.47. The highest BCUT2D eigenvalue weighted by atomic mass is 16.5. The van der Waals surface area contributed by atoms with Gasteiger partial charge in [-0.3, -0.25) is 0 Å². The minimum Gasteiger partial charge on any atom is -0.489 e. The summed E-state index contributed by atoms with van der Waals surface area (Å²) in [7, 11) is 0. The molecule has 0 radical (unpaired) electrons.